The van der Waals surface area contributed by atoms with Crippen molar-refractivity contribution >= 4 is 45.2 Å². The van der Waals surface area contributed by atoms with Crippen molar-refractivity contribution in [1.82, 2.24) is 29.9 Å². The number of aromatic amines is 1. The summed E-state index contributed by atoms with van der Waals surface area (Å²) in [4.78, 5) is 8.47. The van der Waals surface area contributed by atoms with Crippen LogP contribution in [0.3, 0.4) is 0 Å². The van der Waals surface area contributed by atoms with Gasteiger partial charge in [0.15, 0.2) is 16.6 Å². The second-order valence-electron chi connectivity index (χ2n) is 5.71. The monoisotopic (exact) mass is 363 g/mol. The van der Waals surface area contributed by atoms with Gasteiger partial charge in [0.05, 0.1) is 22.8 Å². The maximum atomic E-state index is 13.3. The average molecular weight is 364 g/mol. The van der Waals surface area contributed by atoms with Crippen molar-refractivity contribution in [2.75, 3.05) is 5.32 Å². The van der Waals surface area contributed by atoms with E-state index in [1.165, 1.54) is 6.20 Å². The number of hydrogen-bond acceptors (Lipinski definition) is 5. The van der Waals surface area contributed by atoms with E-state index in [0.29, 0.717) is 28.1 Å². The van der Waals surface area contributed by atoms with Crippen LogP contribution < -0.4 is 5.32 Å². The molecule has 128 valence electrons. The molecule has 4 rings (SSSR count). The van der Waals surface area contributed by atoms with Crippen LogP contribution in [0.1, 0.15) is 6.92 Å². The molecule has 4 aromatic heterocycles. The zero-order valence-electron chi connectivity index (χ0n) is 13.0. The molecule has 25 heavy (non-hydrogen) atoms. The summed E-state index contributed by atoms with van der Waals surface area (Å²) in [5, 5.41) is 14.7. The first-order chi connectivity index (χ1) is 11.9. The van der Waals surface area contributed by atoms with Crippen LogP contribution in [0.2, 0.25) is 5.15 Å². The molecule has 0 amide bonds. The second kappa shape index (κ2) is 5.62. The molecule has 10 heteroatoms. The van der Waals surface area contributed by atoms with Gasteiger partial charge in [-0.05, 0) is 18.2 Å². The van der Waals surface area contributed by atoms with Gasteiger partial charge in [-0.2, -0.15) is 10.2 Å². The molecule has 0 aliphatic rings. The van der Waals surface area contributed by atoms with Crippen molar-refractivity contribution in [2.45, 2.75) is 19.4 Å². The Labute approximate surface area is 145 Å². The zero-order valence-corrected chi connectivity index (χ0v) is 13.7. The summed E-state index contributed by atoms with van der Waals surface area (Å²) in [6, 6.07) is 5.34. The third-order valence-corrected chi connectivity index (χ3v) is 3.83. The van der Waals surface area contributed by atoms with E-state index in [1.54, 1.807) is 18.3 Å². The van der Waals surface area contributed by atoms with Gasteiger partial charge in [0, 0.05) is 13.1 Å². The summed E-state index contributed by atoms with van der Waals surface area (Å²) in [5.74, 6) is -2.39. The number of aromatic nitrogens is 6. The van der Waals surface area contributed by atoms with Crippen LogP contribution in [-0.4, -0.2) is 35.9 Å². The standard InChI is InChI=1S/C15H12ClF2N7/c1-15(17,18)7-25-14-9(12(16)24-25)5-8(6-20-14)21-13-11-10(22-23-13)3-2-4-19-11/h2-6H,7H2,1H3,(H2,21,22,23). The molecule has 2 N–H and O–H groups in total. The SMILES string of the molecule is CC(F)(F)Cn1nc(Cl)c2cc(Nc3n[nH]c4cccnc34)cnc21. The van der Waals surface area contributed by atoms with Crippen molar-refractivity contribution in [1.29, 1.82) is 0 Å². The summed E-state index contributed by atoms with van der Waals surface area (Å²) in [6.07, 6.45) is 3.17. The van der Waals surface area contributed by atoms with Gasteiger partial charge >= 0.3 is 0 Å². The van der Waals surface area contributed by atoms with E-state index < -0.39 is 12.5 Å². The minimum atomic E-state index is -2.92. The summed E-state index contributed by atoms with van der Waals surface area (Å²) in [7, 11) is 0. The number of nitrogens with zero attached hydrogens (tertiary/aromatic N) is 5. The largest absolute Gasteiger partial charge is 0.336 e. The molecule has 0 unspecified atom stereocenters. The van der Waals surface area contributed by atoms with E-state index in [9.17, 15) is 8.78 Å². The summed E-state index contributed by atoms with van der Waals surface area (Å²) in [5.41, 5.74) is 2.35. The molecule has 0 atom stereocenters. The Bertz CT molecular complexity index is 1070. The highest BCUT2D eigenvalue weighted by molar-refractivity contribution is 6.34. The zero-order chi connectivity index (χ0) is 17.6. The van der Waals surface area contributed by atoms with Gasteiger partial charge in [-0.3, -0.25) is 10.1 Å². The van der Waals surface area contributed by atoms with E-state index in [4.69, 9.17) is 11.6 Å². The predicted octanol–water partition coefficient (Wildman–Crippen LogP) is 3.75. The number of nitrogens with one attached hydrogen (secondary N) is 2. The molecular formula is C15H12ClF2N7. The number of anilines is 2. The lowest BCUT2D eigenvalue weighted by atomic mass is 10.3. The topological polar surface area (TPSA) is 84.3 Å². The Morgan fingerprint density at radius 3 is 3.00 bits per heavy atom. The number of halogens is 3. The van der Waals surface area contributed by atoms with E-state index in [0.717, 1.165) is 17.1 Å². The molecule has 0 spiro atoms. The molecular weight excluding hydrogens is 352 g/mol. The lowest BCUT2D eigenvalue weighted by molar-refractivity contribution is 0.00168. The number of alkyl halides is 2. The van der Waals surface area contributed by atoms with Crippen molar-refractivity contribution in [3.63, 3.8) is 0 Å². The molecule has 0 aliphatic carbocycles. The Balaban J connectivity index is 1.71. The molecule has 0 saturated carbocycles. The van der Waals surface area contributed by atoms with Gasteiger partial charge in [-0.15, -0.1) is 0 Å². The van der Waals surface area contributed by atoms with Crippen molar-refractivity contribution in [3.8, 4) is 0 Å². The fourth-order valence-electron chi connectivity index (χ4n) is 2.54. The molecule has 0 aromatic carbocycles. The van der Waals surface area contributed by atoms with Gasteiger partial charge in [-0.1, -0.05) is 11.6 Å². The molecule has 4 aromatic rings. The lowest BCUT2D eigenvalue weighted by Gasteiger charge is -2.10. The number of H-pyrrole nitrogens is 1. The number of fused-ring (bicyclic) bond motifs is 2. The third-order valence-electron chi connectivity index (χ3n) is 3.55. The molecule has 7 nitrogen and oxygen atoms in total. The van der Waals surface area contributed by atoms with E-state index in [2.05, 4.69) is 30.6 Å². The quantitative estimate of drug-likeness (QED) is 0.576. The predicted molar refractivity (Wildman–Crippen MR) is 90.3 cm³/mol. The number of pyridine rings is 2. The van der Waals surface area contributed by atoms with Gasteiger partial charge in [0.2, 0.25) is 0 Å². The average Bonchev–Trinajstić information content (AvgIpc) is 3.08. The van der Waals surface area contributed by atoms with Crippen LogP contribution in [0.15, 0.2) is 30.6 Å². The smallest absolute Gasteiger partial charge is 0.264 e. The van der Waals surface area contributed by atoms with Crippen molar-refractivity contribution < 1.29 is 8.78 Å². The fourth-order valence-corrected chi connectivity index (χ4v) is 2.77. The molecule has 0 fully saturated rings. The van der Waals surface area contributed by atoms with Crippen molar-refractivity contribution in [2.24, 2.45) is 0 Å². The highest BCUT2D eigenvalue weighted by Gasteiger charge is 2.25. The van der Waals surface area contributed by atoms with Crippen LogP contribution >= 0.6 is 11.6 Å². The van der Waals surface area contributed by atoms with Gasteiger partial charge in [0.1, 0.15) is 12.1 Å². The summed E-state index contributed by atoms with van der Waals surface area (Å²) >= 11 is 6.08. The number of rotatable bonds is 4. The van der Waals surface area contributed by atoms with E-state index >= 15 is 0 Å². The Kier molecular flexibility index (Phi) is 3.53. The maximum Gasteiger partial charge on any atom is 0.264 e. The first-order valence-corrected chi connectivity index (χ1v) is 7.74. The normalized spacial score (nSPS) is 12.2. The summed E-state index contributed by atoms with van der Waals surface area (Å²) < 4.78 is 27.6. The highest BCUT2D eigenvalue weighted by atomic mass is 35.5. The second-order valence-corrected chi connectivity index (χ2v) is 6.07. The molecule has 0 aliphatic heterocycles. The van der Waals surface area contributed by atoms with Gasteiger partial charge in [0.25, 0.3) is 5.92 Å². The van der Waals surface area contributed by atoms with Crippen LogP contribution in [0.4, 0.5) is 20.3 Å². The maximum absolute atomic E-state index is 13.3. The van der Waals surface area contributed by atoms with E-state index in [1.807, 2.05) is 6.07 Å². The number of hydrogen-bond donors (Lipinski definition) is 2. The van der Waals surface area contributed by atoms with Crippen LogP contribution in [-0.2, 0) is 6.54 Å². The molecule has 0 saturated heterocycles. The fraction of sp³-hybridized carbons (Fsp3) is 0.200. The summed E-state index contributed by atoms with van der Waals surface area (Å²) in [6.45, 7) is 0.226. The first kappa shape index (κ1) is 15.7. The lowest BCUT2D eigenvalue weighted by Crippen LogP contribution is -2.20. The Morgan fingerprint density at radius 2 is 2.20 bits per heavy atom. The molecule has 4 heterocycles. The molecule has 0 radical (unpaired) electrons. The van der Waals surface area contributed by atoms with Crippen LogP contribution in [0, 0.1) is 0 Å². The minimum Gasteiger partial charge on any atom is -0.336 e. The highest BCUT2D eigenvalue weighted by Crippen LogP contribution is 2.28. The first-order valence-electron chi connectivity index (χ1n) is 7.37. The van der Waals surface area contributed by atoms with Crippen LogP contribution in [0.25, 0.3) is 22.1 Å². The van der Waals surface area contributed by atoms with Gasteiger partial charge in [-0.25, -0.2) is 18.4 Å². The Morgan fingerprint density at radius 1 is 1.36 bits per heavy atom. The Hall–Kier alpha value is -2.81. The van der Waals surface area contributed by atoms with E-state index in [-0.39, 0.29) is 5.15 Å². The van der Waals surface area contributed by atoms with Crippen LogP contribution in [0.5, 0.6) is 0 Å². The van der Waals surface area contributed by atoms with Crippen molar-refractivity contribution in [3.05, 3.63) is 35.7 Å². The minimum absolute atomic E-state index is 0.111. The molecule has 0 bridgehead atoms. The van der Waals surface area contributed by atoms with Gasteiger partial charge < -0.3 is 5.32 Å². The third kappa shape index (κ3) is 2.98.